The van der Waals surface area contributed by atoms with Gasteiger partial charge in [-0.1, -0.05) is 41.6 Å². The lowest BCUT2D eigenvalue weighted by Gasteiger charge is -2.07. The number of amides is 1. The number of carbonyl (C=O) groups excluding carboxylic acids is 1. The Labute approximate surface area is 128 Å². The van der Waals surface area contributed by atoms with E-state index in [2.05, 4.69) is 15.6 Å². The van der Waals surface area contributed by atoms with Crippen molar-refractivity contribution in [2.75, 3.05) is 5.32 Å². The van der Waals surface area contributed by atoms with Crippen LogP contribution >= 0.6 is 0 Å². The minimum atomic E-state index is -0.261. The van der Waals surface area contributed by atoms with Crippen molar-refractivity contribution < 1.29 is 4.79 Å². The Morgan fingerprint density at radius 1 is 1.00 bits per heavy atom. The molecule has 2 aromatic carbocycles. The normalized spacial score (nSPS) is 10.5. The zero-order valence-corrected chi connectivity index (χ0v) is 12.4. The zero-order chi connectivity index (χ0) is 15.5. The van der Waals surface area contributed by atoms with Gasteiger partial charge in [0.2, 0.25) is 0 Å². The van der Waals surface area contributed by atoms with Gasteiger partial charge in [0.05, 0.1) is 11.4 Å². The molecule has 1 N–H and O–H groups in total. The van der Waals surface area contributed by atoms with Crippen molar-refractivity contribution in [2.24, 2.45) is 0 Å². The third kappa shape index (κ3) is 2.61. The Morgan fingerprint density at radius 3 is 2.41 bits per heavy atom. The van der Waals surface area contributed by atoms with E-state index >= 15 is 0 Å². The summed E-state index contributed by atoms with van der Waals surface area (Å²) in [6, 6.07) is 17.2. The number of carbonyl (C=O) groups is 1. The number of nitrogens with one attached hydrogen (secondary N) is 1. The molecule has 110 valence electrons. The number of hydrogen-bond acceptors (Lipinski definition) is 3. The van der Waals surface area contributed by atoms with E-state index in [9.17, 15) is 4.79 Å². The van der Waals surface area contributed by atoms with Crippen LogP contribution in [0, 0.1) is 13.8 Å². The molecule has 0 unspecified atom stereocenters. The zero-order valence-electron chi connectivity index (χ0n) is 12.4. The molecule has 3 aromatic rings. The summed E-state index contributed by atoms with van der Waals surface area (Å²) in [5, 5.41) is 11.0. The van der Waals surface area contributed by atoms with E-state index < -0.39 is 0 Å². The number of hydrogen-bond donors (Lipinski definition) is 1. The minimum absolute atomic E-state index is 0.261. The quantitative estimate of drug-likeness (QED) is 0.806. The van der Waals surface area contributed by atoms with E-state index in [0.29, 0.717) is 11.4 Å². The SMILES string of the molecule is Cc1ccccc1-n1nnc(C(=O)Nc2ccccc2)c1C. The van der Waals surface area contributed by atoms with Crippen molar-refractivity contribution >= 4 is 11.6 Å². The summed E-state index contributed by atoms with van der Waals surface area (Å²) >= 11 is 0. The lowest BCUT2D eigenvalue weighted by Crippen LogP contribution is -2.14. The largest absolute Gasteiger partial charge is 0.321 e. The average Bonchev–Trinajstić information content (AvgIpc) is 2.90. The predicted octanol–water partition coefficient (Wildman–Crippen LogP) is 3.14. The predicted molar refractivity (Wildman–Crippen MR) is 85.2 cm³/mol. The first-order chi connectivity index (χ1) is 10.7. The standard InChI is InChI=1S/C17H16N4O/c1-12-8-6-7-11-15(12)21-13(2)16(19-20-21)17(22)18-14-9-4-3-5-10-14/h3-11H,1-2H3,(H,18,22). The Bertz CT molecular complexity index is 809. The van der Waals surface area contributed by atoms with Crippen LogP contribution in [0.3, 0.4) is 0 Å². The van der Waals surface area contributed by atoms with Crippen LogP contribution in [0.25, 0.3) is 5.69 Å². The number of benzene rings is 2. The van der Waals surface area contributed by atoms with Gasteiger partial charge in [0, 0.05) is 5.69 Å². The second kappa shape index (κ2) is 5.81. The van der Waals surface area contributed by atoms with E-state index in [1.165, 1.54) is 0 Å². The molecule has 5 heteroatoms. The van der Waals surface area contributed by atoms with Gasteiger partial charge in [0.1, 0.15) is 0 Å². The summed E-state index contributed by atoms with van der Waals surface area (Å²) in [6.45, 7) is 3.84. The van der Waals surface area contributed by atoms with Gasteiger partial charge >= 0.3 is 0 Å². The van der Waals surface area contributed by atoms with Gasteiger partial charge in [0.15, 0.2) is 5.69 Å². The number of aryl methyl sites for hydroxylation is 1. The first kappa shape index (κ1) is 14.0. The first-order valence-electron chi connectivity index (χ1n) is 7.01. The third-order valence-electron chi connectivity index (χ3n) is 3.48. The summed E-state index contributed by atoms with van der Waals surface area (Å²) in [5.41, 5.74) is 3.77. The summed E-state index contributed by atoms with van der Waals surface area (Å²) in [7, 11) is 0. The number of aromatic nitrogens is 3. The maximum absolute atomic E-state index is 12.3. The lowest BCUT2D eigenvalue weighted by molar-refractivity contribution is 0.102. The Balaban J connectivity index is 1.91. The number of nitrogens with zero attached hydrogens (tertiary/aromatic N) is 3. The van der Waals surface area contributed by atoms with Crippen LogP contribution < -0.4 is 5.32 Å². The lowest BCUT2D eigenvalue weighted by atomic mass is 10.2. The summed E-state index contributed by atoms with van der Waals surface area (Å²) in [5.74, 6) is -0.261. The maximum Gasteiger partial charge on any atom is 0.278 e. The topological polar surface area (TPSA) is 59.8 Å². The van der Waals surface area contributed by atoms with Gasteiger partial charge in [-0.2, -0.15) is 0 Å². The summed E-state index contributed by atoms with van der Waals surface area (Å²) in [4.78, 5) is 12.3. The van der Waals surface area contributed by atoms with Gasteiger partial charge in [-0.15, -0.1) is 5.10 Å². The highest BCUT2D eigenvalue weighted by Crippen LogP contribution is 2.17. The molecule has 22 heavy (non-hydrogen) atoms. The molecular weight excluding hydrogens is 276 g/mol. The second-order valence-corrected chi connectivity index (χ2v) is 5.04. The average molecular weight is 292 g/mol. The molecule has 1 amide bonds. The third-order valence-corrected chi connectivity index (χ3v) is 3.48. The molecule has 0 aliphatic rings. The minimum Gasteiger partial charge on any atom is -0.321 e. The molecule has 0 spiro atoms. The van der Waals surface area contributed by atoms with Gasteiger partial charge in [-0.25, -0.2) is 4.68 Å². The van der Waals surface area contributed by atoms with Crippen LogP contribution in [0.1, 0.15) is 21.7 Å². The van der Waals surface area contributed by atoms with Crippen molar-refractivity contribution in [1.82, 2.24) is 15.0 Å². The molecule has 0 radical (unpaired) electrons. The molecular formula is C17H16N4O. The number of rotatable bonds is 3. The van der Waals surface area contributed by atoms with Crippen molar-refractivity contribution in [3.63, 3.8) is 0 Å². The van der Waals surface area contributed by atoms with E-state index in [4.69, 9.17) is 0 Å². The van der Waals surface area contributed by atoms with Crippen molar-refractivity contribution in [1.29, 1.82) is 0 Å². The number of anilines is 1. The number of para-hydroxylation sites is 2. The van der Waals surface area contributed by atoms with Crippen LogP contribution in [0.15, 0.2) is 54.6 Å². The molecule has 0 fully saturated rings. The first-order valence-corrected chi connectivity index (χ1v) is 7.01. The summed E-state index contributed by atoms with van der Waals surface area (Å²) < 4.78 is 1.69. The fourth-order valence-corrected chi connectivity index (χ4v) is 2.28. The van der Waals surface area contributed by atoms with Gasteiger partial charge in [-0.05, 0) is 37.6 Å². The molecule has 0 saturated heterocycles. The maximum atomic E-state index is 12.3. The van der Waals surface area contributed by atoms with Crippen molar-refractivity contribution in [3.8, 4) is 5.69 Å². The smallest absolute Gasteiger partial charge is 0.278 e. The van der Waals surface area contributed by atoms with Gasteiger partial charge < -0.3 is 5.32 Å². The fraction of sp³-hybridized carbons (Fsp3) is 0.118. The molecule has 3 rings (SSSR count). The molecule has 0 bridgehead atoms. The fourth-order valence-electron chi connectivity index (χ4n) is 2.28. The van der Waals surface area contributed by atoms with E-state index in [-0.39, 0.29) is 5.91 Å². The van der Waals surface area contributed by atoms with E-state index in [1.807, 2.05) is 68.4 Å². The molecule has 1 aromatic heterocycles. The highest BCUT2D eigenvalue weighted by atomic mass is 16.2. The van der Waals surface area contributed by atoms with E-state index in [1.54, 1.807) is 4.68 Å². The Kier molecular flexibility index (Phi) is 3.70. The monoisotopic (exact) mass is 292 g/mol. The molecule has 1 heterocycles. The molecule has 0 aliphatic carbocycles. The van der Waals surface area contributed by atoms with Gasteiger partial charge in [0.25, 0.3) is 5.91 Å². The summed E-state index contributed by atoms with van der Waals surface area (Å²) in [6.07, 6.45) is 0. The van der Waals surface area contributed by atoms with Crippen molar-refractivity contribution in [3.05, 3.63) is 71.5 Å². The van der Waals surface area contributed by atoms with Gasteiger partial charge in [-0.3, -0.25) is 4.79 Å². The van der Waals surface area contributed by atoms with Crippen LogP contribution in [0.5, 0.6) is 0 Å². The van der Waals surface area contributed by atoms with Crippen LogP contribution in [-0.2, 0) is 0 Å². The molecule has 0 aliphatic heterocycles. The Morgan fingerprint density at radius 2 is 1.68 bits per heavy atom. The van der Waals surface area contributed by atoms with E-state index in [0.717, 1.165) is 16.9 Å². The van der Waals surface area contributed by atoms with Crippen LogP contribution in [-0.4, -0.2) is 20.9 Å². The molecule has 0 atom stereocenters. The van der Waals surface area contributed by atoms with Crippen LogP contribution in [0.2, 0.25) is 0 Å². The molecule has 5 nitrogen and oxygen atoms in total. The Hall–Kier alpha value is -2.95. The highest BCUT2D eigenvalue weighted by Gasteiger charge is 2.18. The second-order valence-electron chi connectivity index (χ2n) is 5.04. The van der Waals surface area contributed by atoms with Crippen LogP contribution in [0.4, 0.5) is 5.69 Å². The van der Waals surface area contributed by atoms with Crippen molar-refractivity contribution in [2.45, 2.75) is 13.8 Å². The highest BCUT2D eigenvalue weighted by molar-refractivity contribution is 6.03. The molecule has 0 saturated carbocycles.